The number of rotatable bonds is 5. The monoisotopic (exact) mass is 571 g/mol. The van der Waals surface area contributed by atoms with Gasteiger partial charge >= 0.3 is 0 Å². The second-order valence-electron chi connectivity index (χ2n) is 7.23. The van der Waals surface area contributed by atoms with Crippen LogP contribution in [-0.4, -0.2) is 21.2 Å². The number of nitrogens with zero attached hydrogens (tertiary/aromatic N) is 2. The number of amides is 1. The topological polar surface area (TPSA) is 64.0 Å². The molecule has 0 saturated heterocycles. The zero-order valence-corrected chi connectivity index (χ0v) is 21.3. The fraction of sp³-hybridized carbons (Fsp3) is 0.125. The van der Waals surface area contributed by atoms with Crippen LogP contribution in [0.3, 0.4) is 0 Å². The van der Waals surface area contributed by atoms with Crippen molar-refractivity contribution in [3.8, 4) is 5.69 Å². The molecule has 0 aliphatic rings. The molecule has 8 heteroatoms. The molecule has 0 radical (unpaired) electrons. The van der Waals surface area contributed by atoms with E-state index in [0.29, 0.717) is 21.7 Å². The average Bonchev–Trinajstić information content (AvgIpc) is 2.77. The zero-order chi connectivity index (χ0) is 22.8. The smallest absolute Gasteiger partial charge is 0.266 e. The first kappa shape index (κ1) is 22.8. The summed E-state index contributed by atoms with van der Waals surface area (Å²) in [6, 6.07) is 18.6. The van der Waals surface area contributed by atoms with Crippen LogP contribution in [0.5, 0.6) is 0 Å². The minimum atomic E-state index is -0.187. The number of hydrogen-bond donors (Lipinski definition) is 1. The Bertz CT molecular complexity index is 1400. The standard InChI is InChI=1S/C24H19Br2N3O2S/c1-14-6-5-9-21(15(14)2)29-23(31)17-7-3-4-8-19(17)28-24(29)32-13-22(30)27-20-11-10-16(25)12-18(20)26/h3-12H,13H2,1-2H3,(H,27,30). The van der Waals surface area contributed by atoms with Crippen LogP contribution in [0.4, 0.5) is 5.69 Å². The molecule has 0 saturated carbocycles. The van der Waals surface area contributed by atoms with Crippen molar-refractivity contribution in [1.29, 1.82) is 0 Å². The van der Waals surface area contributed by atoms with Crippen molar-refractivity contribution in [2.45, 2.75) is 19.0 Å². The molecule has 0 bridgehead atoms. The van der Waals surface area contributed by atoms with Crippen LogP contribution in [0.25, 0.3) is 16.6 Å². The maximum absolute atomic E-state index is 13.4. The fourth-order valence-electron chi connectivity index (χ4n) is 3.31. The van der Waals surface area contributed by atoms with E-state index in [1.54, 1.807) is 10.6 Å². The molecule has 1 aromatic heterocycles. The Morgan fingerprint density at radius 2 is 1.84 bits per heavy atom. The lowest BCUT2D eigenvalue weighted by Gasteiger charge is -2.16. The number of fused-ring (bicyclic) bond motifs is 1. The number of anilines is 1. The Morgan fingerprint density at radius 3 is 2.62 bits per heavy atom. The van der Waals surface area contributed by atoms with Gasteiger partial charge in [-0.2, -0.15) is 0 Å². The summed E-state index contributed by atoms with van der Waals surface area (Å²) in [4.78, 5) is 30.8. The number of para-hydroxylation sites is 1. The van der Waals surface area contributed by atoms with Crippen LogP contribution in [0.1, 0.15) is 11.1 Å². The van der Waals surface area contributed by atoms with Gasteiger partial charge in [0, 0.05) is 8.95 Å². The number of carbonyl (C=O) groups excluding carboxylic acids is 1. The van der Waals surface area contributed by atoms with Gasteiger partial charge in [0.2, 0.25) is 5.91 Å². The molecule has 5 nitrogen and oxygen atoms in total. The number of thioether (sulfide) groups is 1. The first-order valence-corrected chi connectivity index (χ1v) is 12.4. The molecule has 4 aromatic rings. The third-order valence-corrected chi connectivity index (χ3v) is 7.19. The summed E-state index contributed by atoms with van der Waals surface area (Å²) in [6.45, 7) is 3.99. The molecule has 1 N–H and O–H groups in total. The Kier molecular flexibility index (Phi) is 6.83. The normalized spacial score (nSPS) is 11.0. The average molecular weight is 573 g/mol. The molecule has 0 aliphatic heterocycles. The van der Waals surface area contributed by atoms with E-state index >= 15 is 0 Å². The molecule has 4 rings (SSSR count). The molecule has 3 aromatic carbocycles. The maximum Gasteiger partial charge on any atom is 0.266 e. The minimum Gasteiger partial charge on any atom is -0.324 e. The maximum atomic E-state index is 13.4. The lowest BCUT2D eigenvalue weighted by atomic mass is 10.1. The van der Waals surface area contributed by atoms with E-state index in [1.807, 2.05) is 68.4 Å². The van der Waals surface area contributed by atoms with Gasteiger partial charge in [-0.3, -0.25) is 14.2 Å². The lowest BCUT2D eigenvalue weighted by molar-refractivity contribution is -0.113. The van der Waals surface area contributed by atoms with Crippen molar-refractivity contribution in [1.82, 2.24) is 9.55 Å². The van der Waals surface area contributed by atoms with Crippen molar-refractivity contribution in [2.24, 2.45) is 0 Å². The summed E-state index contributed by atoms with van der Waals surface area (Å²) >= 11 is 8.10. The van der Waals surface area contributed by atoms with E-state index in [-0.39, 0.29) is 17.2 Å². The van der Waals surface area contributed by atoms with Crippen molar-refractivity contribution >= 4 is 66.1 Å². The van der Waals surface area contributed by atoms with Crippen molar-refractivity contribution < 1.29 is 4.79 Å². The van der Waals surface area contributed by atoms with Gasteiger partial charge in [-0.05, 0) is 77.3 Å². The highest BCUT2D eigenvalue weighted by atomic mass is 79.9. The number of aryl methyl sites for hydroxylation is 1. The lowest BCUT2D eigenvalue weighted by Crippen LogP contribution is -2.23. The van der Waals surface area contributed by atoms with Crippen LogP contribution < -0.4 is 10.9 Å². The van der Waals surface area contributed by atoms with E-state index in [4.69, 9.17) is 4.98 Å². The van der Waals surface area contributed by atoms with Crippen LogP contribution >= 0.6 is 43.6 Å². The summed E-state index contributed by atoms with van der Waals surface area (Å²) in [6.07, 6.45) is 0. The number of halogens is 2. The minimum absolute atomic E-state index is 0.109. The highest BCUT2D eigenvalue weighted by Gasteiger charge is 2.17. The molecule has 0 spiro atoms. The van der Waals surface area contributed by atoms with E-state index in [9.17, 15) is 9.59 Å². The summed E-state index contributed by atoms with van der Waals surface area (Å²) in [5, 5.41) is 3.92. The highest BCUT2D eigenvalue weighted by Crippen LogP contribution is 2.28. The Morgan fingerprint density at radius 1 is 1.06 bits per heavy atom. The quantitative estimate of drug-likeness (QED) is 0.226. The second-order valence-corrected chi connectivity index (χ2v) is 9.94. The Labute approximate surface area is 206 Å². The summed E-state index contributed by atoms with van der Waals surface area (Å²) < 4.78 is 3.30. The number of nitrogens with one attached hydrogen (secondary N) is 1. The SMILES string of the molecule is Cc1cccc(-n2c(SCC(=O)Nc3ccc(Br)cc3Br)nc3ccccc3c2=O)c1C. The molecular weight excluding hydrogens is 554 g/mol. The van der Waals surface area contributed by atoms with Crippen LogP contribution in [-0.2, 0) is 4.79 Å². The number of hydrogen-bond acceptors (Lipinski definition) is 4. The van der Waals surface area contributed by atoms with E-state index in [2.05, 4.69) is 37.2 Å². The number of aromatic nitrogens is 2. The van der Waals surface area contributed by atoms with Gasteiger partial charge in [-0.15, -0.1) is 0 Å². The van der Waals surface area contributed by atoms with Crippen molar-refractivity contribution in [2.75, 3.05) is 11.1 Å². The number of benzene rings is 3. The van der Waals surface area contributed by atoms with Gasteiger partial charge in [0.25, 0.3) is 5.56 Å². The third-order valence-electron chi connectivity index (χ3n) is 5.10. The summed E-state index contributed by atoms with van der Waals surface area (Å²) in [5.41, 5.74) is 3.98. The predicted octanol–water partition coefficient (Wildman–Crippen LogP) is 6.26. The predicted molar refractivity (Wildman–Crippen MR) is 138 cm³/mol. The van der Waals surface area contributed by atoms with Crippen LogP contribution in [0.15, 0.2) is 79.6 Å². The Hall–Kier alpha value is -2.42. The van der Waals surface area contributed by atoms with Crippen molar-refractivity contribution in [3.63, 3.8) is 0 Å². The highest BCUT2D eigenvalue weighted by molar-refractivity contribution is 9.11. The van der Waals surface area contributed by atoms with Crippen LogP contribution in [0.2, 0.25) is 0 Å². The molecule has 0 atom stereocenters. The van der Waals surface area contributed by atoms with E-state index in [0.717, 1.165) is 25.8 Å². The summed E-state index contributed by atoms with van der Waals surface area (Å²) in [5.74, 6) is -0.0778. The van der Waals surface area contributed by atoms with Gasteiger partial charge in [0.15, 0.2) is 5.16 Å². The third kappa shape index (κ3) is 4.67. The number of carbonyl (C=O) groups is 1. The van der Waals surface area contributed by atoms with E-state index in [1.165, 1.54) is 11.8 Å². The first-order chi connectivity index (χ1) is 15.3. The van der Waals surface area contributed by atoms with Gasteiger partial charge < -0.3 is 5.32 Å². The van der Waals surface area contributed by atoms with E-state index < -0.39 is 0 Å². The summed E-state index contributed by atoms with van der Waals surface area (Å²) in [7, 11) is 0. The van der Waals surface area contributed by atoms with Gasteiger partial charge in [-0.25, -0.2) is 4.98 Å². The first-order valence-electron chi connectivity index (χ1n) is 9.81. The molecule has 162 valence electrons. The van der Waals surface area contributed by atoms with Crippen LogP contribution in [0, 0.1) is 13.8 Å². The largest absolute Gasteiger partial charge is 0.324 e. The molecule has 1 amide bonds. The molecule has 0 aliphatic carbocycles. The molecule has 0 unspecified atom stereocenters. The van der Waals surface area contributed by atoms with Gasteiger partial charge in [0.1, 0.15) is 0 Å². The molecule has 32 heavy (non-hydrogen) atoms. The second kappa shape index (κ2) is 9.60. The molecule has 0 fully saturated rings. The van der Waals surface area contributed by atoms with Gasteiger partial charge in [0.05, 0.1) is 28.0 Å². The molecular formula is C24H19Br2N3O2S. The Balaban J connectivity index is 1.70. The zero-order valence-electron chi connectivity index (χ0n) is 17.4. The van der Waals surface area contributed by atoms with Gasteiger partial charge in [-0.1, -0.05) is 52.0 Å². The van der Waals surface area contributed by atoms with Crippen molar-refractivity contribution in [3.05, 3.63) is 91.1 Å². The fourth-order valence-corrected chi connectivity index (χ4v) is 5.26. The molecule has 1 heterocycles.